The van der Waals surface area contributed by atoms with Crippen LogP contribution in [0.2, 0.25) is 5.02 Å². The van der Waals surface area contributed by atoms with E-state index in [2.05, 4.69) is 27.9 Å². The van der Waals surface area contributed by atoms with Gasteiger partial charge in [-0.1, -0.05) is 11.6 Å². The number of rotatable bonds is 5. The van der Waals surface area contributed by atoms with Crippen LogP contribution < -0.4 is 10.1 Å². The van der Waals surface area contributed by atoms with Gasteiger partial charge in [-0.25, -0.2) is 0 Å². The number of ether oxygens (including phenoxy) is 1. The molecule has 0 saturated carbocycles. The predicted octanol–water partition coefficient (Wildman–Crippen LogP) is 1.43. The molecule has 0 aromatic heterocycles. The van der Waals surface area contributed by atoms with Gasteiger partial charge in [-0.2, -0.15) is 0 Å². The van der Waals surface area contributed by atoms with Crippen LogP contribution in [-0.2, 0) is 4.79 Å². The molecule has 0 aliphatic rings. The maximum atomic E-state index is 11.2. The van der Waals surface area contributed by atoms with E-state index in [-0.39, 0.29) is 25.7 Å². The fraction of sp³-hybridized carbons (Fsp3) is 0.300. The molecule has 0 atom stereocenters. The number of carbonyl (C=O) groups is 1. The van der Waals surface area contributed by atoms with Gasteiger partial charge in [-0.15, -0.1) is 0 Å². The zero-order chi connectivity index (χ0) is 12.0. The molecule has 0 spiro atoms. The zero-order valence-corrected chi connectivity index (χ0v) is 11.3. The lowest BCUT2D eigenvalue weighted by Gasteiger charge is -2.08. The largest absolute Gasteiger partial charge is 0.483 e. The second kappa shape index (κ2) is 6.93. The number of benzene rings is 1. The second-order valence-corrected chi connectivity index (χ2v) is 4.54. The molecule has 1 rings (SSSR count). The average molecular weight is 356 g/mol. The normalized spacial score (nSPS) is 9.94. The highest BCUT2D eigenvalue weighted by Crippen LogP contribution is 2.24. The highest BCUT2D eigenvalue weighted by molar-refractivity contribution is 14.1. The van der Waals surface area contributed by atoms with E-state index in [1.54, 1.807) is 12.1 Å². The van der Waals surface area contributed by atoms with Crippen LogP contribution >= 0.6 is 34.2 Å². The van der Waals surface area contributed by atoms with Gasteiger partial charge in [0.25, 0.3) is 5.91 Å². The summed E-state index contributed by atoms with van der Waals surface area (Å²) in [6, 6.07) is 5.22. The van der Waals surface area contributed by atoms with Gasteiger partial charge in [-0.3, -0.25) is 4.79 Å². The van der Waals surface area contributed by atoms with Crippen molar-refractivity contribution in [1.29, 1.82) is 0 Å². The molecular weight excluding hydrogens is 344 g/mol. The van der Waals surface area contributed by atoms with Crippen molar-refractivity contribution in [1.82, 2.24) is 5.32 Å². The molecule has 0 saturated heterocycles. The van der Waals surface area contributed by atoms with Crippen LogP contribution in [0, 0.1) is 3.57 Å². The van der Waals surface area contributed by atoms with Gasteiger partial charge in [0.15, 0.2) is 6.61 Å². The van der Waals surface area contributed by atoms with Crippen LogP contribution in [0.5, 0.6) is 5.75 Å². The number of aliphatic hydroxyl groups excluding tert-OH is 1. The van der Waals surface area contributed by atoms with E-state index >= 15 is 0 Å². The monoisotopic (exact) mass is 355 g/mol. The number of aliphatic hydroxyl groups is 1. The first-order valence-corrected chi connectivity index (χ1v) is 6.04. The highest BCUT2D eigenvalue weighted by Gasteiger charge is 2.05. The average Bonchev–Trinajstić information content (AvgIpc) is 2.27. The molecule has 16 heavy (non-hydrogen) atoms. The lowest BCUT2D eigenvalue weighted by Crippen LogP contribution is -2.31. The minimum Gasteiger partial charge on any atom is -0.483 e. The lowest BCUT2D eigenvalue weighted by atomic mass is 10.3. The van der Waals surface area contributed by atoms with Gasteiger partial charge in [0.2, 0.25) is 0 Å². The summed E-state index contributed by atoms with van der Waals surface area (Å²) in [5.74, 6) is 0.303. The molecule has 0 bridgehead atoms. The third-order valence-corrected chi connectivity index (χ3v) is 2.81. The third-order valence-electron chi connectivity index (χ3n) is 1.69. The van der Waals surface area contributed by atoms with Crippen LogP contribution in [-0.4, -0.2) is 30.8 Å². The summed E-state index contributed by atoms with van der Waals surface area (Å²) in [4.78, 5) is 11.2. The van der Waals surface area contributed by atoms with Crippen molar-refractivity contribution in [3.8, 4) is 5.75 Å². The summed E-state index contributed by atoms with van der Waals surface area (Å²) >= 11 is 7.90. The number of hydrogen-bond acceptors (Lipinski definition) is 3. The Kier molecular flexibility index (Phi) is 5.86. The first kappa shape index (κ1) is 13.5. The van der Waals surface area contributed by atoms with E-state index in [1.807, 2.05) is 6.07 Å². The van der Waals surface area contributed by atoms with Gasteiger partial charge < -0.3 is 15.2 Å². The molecule has 6 heteroatoms. The van der Waals surface area contributed by atoms with E-state index < -0.39 is 0 Å². The first-order valence-electron chi connectivity index (χ1n) is 4.59. The van der Waals surface area contributed by atoms with Crippen LogP contribution in [0.4, 0.5) is 0 Å². The molecule has 0 heterocycles. The Morgan fingerprint density at radius 2 is 2.31 bits per heavy atom. The van der Waals surface area contributed by atoms with Gasteiger partial charge in [0.1, 0.15) is 5.75 Å². The Morgan fingerprint density at radius 3 is 3.00 bits per heavy atom. The van der Waals surface area contributed by atoms with E-state index in [0.717, 1.165) is 3.57 Å². The summed E-state index contributed by atoms with van der Waals surface area (Å²) in [5.41, 5.74) is 0. The molecule has 1 amide bonds. The van der Waals surface area contributed by atoms with Crippen LogP contribution in [0.3, 0.4) is 0 Å². The number of nitrogens with one attached hydrogen (secondary N) is 1. The van der Waals surface area contributed by atoms with Crippen LogP contribution in [0.25, 0.3) is 0 Å². The number of amides is 1. The minimum atomic E-state index is -0.273. The standard InChI is InChI=1S/C10H11ClINO3/c11-7-1-2-8(12)9(5-7)16-6-10(15)13-3-4-14/h1-2,5,14H,3-4,6H2,(H,13,15). The SMILES string of the molecule is O=C(COc1cc(Cl)ccc1I)NCCO. The molecule has 4 nitrogen and oxygen atoms in total. The second-order valence-electron chi connectivity index (χ2n) is 2.94. The third kappa shape index (κ3) is 4.54. The van der Waals surface area contributed by atoms with E-state index in [4.69, 9.17) is 21.4 Å². The zero-order valence-electron chi connectivity index (χ0n) is 8.37. The molecule has 0 fully saturated rings. The maximum Gasteiger partial charge on any atom is 0.258 e. The summed E-state index contributed by atoms with van der Waals surface area (Å²) in [6.07, 6.45) is 0. The molecule has 1 aromatic rings. The molecule has 0 aliphatic heterocycles. The summed E-state index contributed by atoms with van der Waals surface area (Å²) in [5, 5.41) is 11.6. The van der Waals surface area contributed by atoms with Crippen molar-refractivity contribution in [3.05, 3.63) is 26.8 Å². The van der Waals surface area contributed by atoms with Gasteiger partial charge >= 0.3 is 0 Å². The molecule has 0 radical (unpaired) electrons. The molecule has 2 N–H and O–H groups in total. The Balaban J connectivity index is 2.47. The molecule has 0 aliphatic carbocycles. The summed E-state index contributed by atoms with van der Waals surface area (Å²) < 4.78 is 6.18. The number of hydrogen-bond donors (Lipinski definition) is 2. The molecular formula is C10H11ClINO3. The molecule has 1 aromatic carbocycles. The van der Waals surface area contributed by atoms with Crippen molar-refractivity contribution in [2.75, 3.05) is 19.8 Å². The lowest BCUT2D eigenvalue weighted by molar-refractivity contribution is -0.123. The van der Waals surface area contributed by atoms with Gasteiger partial charge in [-0.05, 0) is 40.8 Å². The van der Waals surface area contributed by atoms with Gasteiger partial charge in [0, 0.05) is 11.6 Å². The minimum absolute atomic E-state index is 0.0829. The topological polar surface area (TPSA) is 58.6 Å². The quantitative estimate of drug-likeness (QED) is 0.786. The van der Waals surface area contributed by atoms with Crippen molar-refractivity contribution in [2.24, 2.45) is 0 Å². The fourth-order valence-electron chi connectivity index (χ4n) is 0.977. The smallest absolute Gasteiger partial charge is 0.258 e. The number of carbonyl (C=O) groups excluding carboxylic acids is 1. The van der Waals surface area contributed by atoms with Crippen molar-refractivity contribution in [3.63, 3.8) is 0 Å². The molecule has 0 unspecified atom stereocenters. The summed E-state index contributed by atoms with van der Waals surface area (Å²) in [6.45, 7) is 0.0611. The van der Waals surface area contributed by atoms with E-state index in [0.29, 0.717) is 10.8 Å². The van der Waals surface area contributed by atoms with Gasteiger partial charge in [0.05, 0.1) is 10.2 Å². The van der Waals surface area contributed by atoms with E-state index in [1.165, 1.54) is 0 Å². The Labute approximate surface area is 112 Å². The Hall–Kier alpha value is -0.530. The van der Waals surface area contributed by atoms with Crippen molar-refractivity contribution >= 4 is 40.1 Å². The molecule has 88 valence electrons. The van der Waals surface area contributed by atoms with Crippen LogP contribution in [0.1, 0.15) is 0 Å². The fourth-order valence-corrected chi connectivity index (χ4v) is 1.63. The van der Waals surface area contributed by atoms with Crippen molar-refractivity contribution in [2.45, 2.75) is 0 Å². The predicted molar refractivity (Wildman–Crippen MR) is 69.8 cm³/mol. The van der Waals surface area contributed by atoms with Crippen LogP contribution in [0.15, 0.2) is 18.2 Å². The van der Waals surface area contributed by atoms with E-state index in [9.17, 15) is 4.79 Å². The van der Waals surface area contributed by atoms with Crippen molar-refractivity contribution < 1.29 is 14.6 Å². The number of halogens is 2. The highest BCUT2D eigenvalue weighted by atomic mass is 127. The summed E-state index contributed by atoms with van der Waals surface area (Å²) in [7, 11) is 0. The maximum absolute atomic E-state index is 11.2. The Bertz CT molecular complexity index is 373. The first-order chi connectivity index (χ1) is 7.63. The Morgan fingerprint density at radius 1 is 1.56 bits per heavy atom.